The lowest BCUT2D eigenvalue weighted by Crippen LogP contribution is -2.81. The molecule has 3 aliphatic rings. The summed E-state index contributed by atoms with van der Waals surface area (Å²) in [6.07, 6.45) is -0.570. The Labute approximate surface area is 187 Å². The van der Waals surface area contributed by atoms with Crippen LogP contribution in [-0.4, -0.2) is 51.2 Å². The highest BCUT2D eigenvalue weighted by atomic mass is 16.6. The fourth-order valence-electron chi connectivity index (χ4n) is 7.32. The second kappa shape index (κ2) is 7.05. The first-order valence-corrected chi connectivity index (χ1v) is 11.2. The molecule has 2 fully saturated rings. The highest BCUT2D eigenvalue weighted by molar-refractivity contribution is 5.67. The molecular weight excluding hydrogens is 416 g/mol. The van der Waals surface area contributed by atoms with Crippen molar-refractivity contribution < 1.29 is 38.8 Å². The van der Waals surface area contributed by atoms with Crippen LogP contribution in [0.2, 0.25) is 0 Å². The molecule has 8 heteroatoms. The summed E-state index contributed by atoms with van der Waals surface area (Å²) in [5, 5.41) is 35.8. The average Bonchev–Trinajstić information content (AvgIpc) is 3.14. The van der Waals surface area contributed by atoms with E-state index in [-0.39, 0.29) is 0 Å². The quantitative estimate of drug-likeness (QED) is 0.585. The van der Waals surface area contributed by atoms with Gasteiger partial charge in [-0.05, 0) is 37.2 Å². The number of carbonyl (C=O) groups excluding carboxylic acids is 2. The topological polar surface area (TPSA) is 126 Å². The lowest BCUT2D eigenvalue weighted by molar-refractivity contribution is -0.350. The van der Waals surface area contributed by atoms with E-state index in [9.17, 15) is 24.9 Å². The predicted octanol–water partition coefficient (Wildman–Crippen LogP) is 2.07. The molecule has 1 heterocycles. The van der Waals surface area contributed by atoms with Crippen molar-refractivity contribution in [3.63, 3.8) is 0 Å². The molecule has 0 saturated heterocycles. The van der Waals surface area contributed by atoms with Gasteiger partial charge in [-0.25, -0.2) is 0 Å². The van der Waals surface area contributed by atoms with Crippen LogP contribution in [0, 0.1) is 22.7 Å². The molecule has 1 aromatic rings. The van der Waals surface area contributed by atoms with Crippen molar-refractivity contribution in [3.05, 3.63) is 23.7 Å². The maximum Gasteiger partial charge on any atom is 0.303 e. The number of ether oxygens (including phenoxy) is 2. The molecule has 4 rings (SSSR count). The molecule has 178 valence electrons. The number of fused-ring (bicyclic) bond motifs is 4. The Balaban J connectivity index is 2.00. The van der Waals surface area contributed by atoms with Crippen LogP contribution < -0.4 is 0 Å². The number of aliphatic hydroxyl groups excluding tert-OH is 1. The summed E-state index contributed by atoms with van der Waals surface area (Å²) >= 11 is 0. The zero-order valence-electron chi connectivity index (χ0n) is 19.5. The molecule has 0 aliphatic heterocycles. The molecular formula is C24H34O8. The van der Waals surface area contributed by atoms with Gasteiger partial charge in [0.25, 0.3) is 0 Å². The Morgan fingerprint density at radius 1 is 1.09 bits per heavy atom. The maximum atomic E-state index is 12.5. The largest absolute Gasteiger partial charge is 0.469 e. The van der Waals surface area contributed by atoms with Crippen LogP contribution in [0.15, 0.2) is 16.7 Å². The van der Waals surface area contributed by atoms with Crippen molar-refractivity contribution >= 4 is 11.9 Å². The van der Waals surface area contributed by atoms with Gasteiger partial charge in [-0.15, -0.1) is 0 Å². The van der Waals surface area contributed by atoms with E-state index in [0.717, 1.165) is 0 Å². The number of carbonyl (C=O) groups is 2. The minimum atomic E-state index is -1.75. The van der Waals surface area contributed by atoms with E-state index in [1.165, 1.54) is 20.1 Å². The zero-order chi connectivity index (χ0) is 23.9. The summed E-state index contributed by atoms with van der Waals surface area (Å²) in [5.41, 5.74) is -4.65. The molecule has 0 amide bonds. The van der Waals surface area contributed by atoms with E-state index in [2.05, 4.69) is 0 Å². The normalized spacial score (nSPS) is 44.6. The van der Waals surface area contributed by atoms with Gasteiger partial charge in [-0.2, -0.15) is 0 Å². The number of esters is 2. The fraction of sp³-hybridized carbons (Fsp3) is 0.750. The molecule has 8 atom stereocenters. The number of furan rings is 1. The summed E-state index contributed by atoms with van der Waals surface area (Å²) in [7, 11) is 0. The third kappa shape index (κ3) is 2.78. The molecule has 0 radical (unpaired) electrons. The third-order valence-electron chi connectivity index (χ3n) is 8.79. The van der Waals surface area contributed by atoms with Gasteiger partial charge < -0.3 is 29.2 Å². The molecule has 8 nitrogen and oxygen atoms in total. The van der Waals surface area contributed by atoms with Gasteiger partial charge in [0, 0.05) is 37.2 Å². The SMILES string of the molecule is CC(=O)O[C@H]1CCC(C)(C)[C@]2(O)[C@@H](OC(C)=O)[C@H](O)[C@H]3[C@H](Cc4occc4[C@@]3(C)O)[C@@]12C. The Bertz CT molecular complexity index is 932. The first kappa shape index (κ1) is 23.3. The smallest absolute Gasteiger partial charge is 0.303 e. The van der Waals surface area contributed by atoms with Crippen LogP contribution >= 0.6 is 0 Å². The average molecular weight is 451 g/mol. The second-order valence-electron chi connectivity index (χ2n) is 10.8. The van der Waals surface area contributed by atoms with Crippen molar-refractivity contribution in [2.45, 2.75) is 90.3 Å². The Kier molecular flexibility index (Phi) is 5.12. The third-order valence-corrected chi connectivity index (χ3v) is 8.79. The van der Waals surface area contributed by atoms with Crippen molar-refractivity contribution in [1.29, 1.82) is 0 Å². The molecule has 0 unspecified atom stereocenters. The van der Waals surface area contributed by atoms with Crippen molar-refractivity contribution in [2.24, 2.45) is 22.7 Å². The van der Waals surface area contributed by atoms with Crippen molar-refractivity contribution in [2.75, 3.05) is 0 Å². The molecule has 0 spiro atoms. The number of rotatable bonds is 2. The van der Waals surface area contributed by atoms with Crippen LogP contribution in [0.3, 0.4) is 0 Å². The van der Waals surface area contributed by atoms with Gasteiger partial charge >= 0.3 is 11.9 Å². The highest BCUT2D eigenvalue weighted by Crippen LogP contribution is 2.68. The van der Waals surface area contributed by atoms with Crippen LogP contribution in [0.5, 0.6) is 0 Å². The predicted molar refractivity (Wildman–Crippen MR) is 112 cm³/mol. The molecule has 0 bridgehead atoms. The Morgan fingerprint density at radius 2 is 1.72 bits per heavy atom. The first-order chi connectivity index (χ1) is 14.7. The van der Waals surface area contributed by atoms with E-state index in [1.54, 1.807) is 13.0 Å². The maximum absolute atomic E-state index is 12.5. The highest BCUT2D eigenvalue weighted by Gasteiger charge is 2.77. The van der Waals surface area contributed by atoms with E-state index < -0.39 is 64.1 Å². The van der Waals surface area contributed by atoms with Crippen LogP contribution in [-0.2, 0) is 31.1 Å². The fourth-order valence-corrected chi connectivity index (χ4v) is 7.32. The first-order valence-electron chi connectivity index (χ1n) is 11.2. The van der Waals surface area contributed by atoms with Gasteiger partial charge in [-0.3, -0.25) is 9.59 Å². The lowest BCUT2D eigenvalue weighted by Gasteiger charge is -2.70. The number of aliphatic hydroxyl groups is 3. The minimum Gasteiger partial charge on any atom is -0.469 e. The van der Waals surface area contributed by atoms with E-state index in [4.69, 9.17) is 13.9 Å². The van der Waals surface area contributed by atoms with E-state index in [1.807, 2.05) is 20.8 Å². The molecule has 0 aromatic carbocycles. The van der Waals surface area contributed by atoms with E-state index in [0.29, 0.717) is 30.6 Å². The second-order valence-corrected chi connectivity index (χ2v) is 10.8. The molecule has 1 aromatic heterocycles. The summed E-state index contributed by atoms with van der Waals surface area (Å²) < 4.78 is 17.1. The molecule has 32 heavy (non-hydrogen) atoms. The molecule has 3 N–H and O–H groups in total. The van der Waals surface area contributed by atoms with E-state index >= 15 is 0 Å². The summed E-state index contributed by atoms with van der Waals surface area (Å²) in [5.74, 6) is -1.87. The minimum absolute atomic E-state index is 0.333. The summed E-state index contributed by atoms with van der Waals surface area (Å²) in [6.45, 7) is 9.73. The van der Waals surface area contributed by atoms with Gasteiger partial charge in [0.2, 0.25) is 0 Å². The lowest BCUT2D eigenvalue weighted by atomic mass is 9.38. The van der Waals surface area contributed by atoms with Gasteiger partial charge in [-0.1, -0.05) is 20.8 Å². The standard InChI is InChI=1S/C24H34O8/c1-12(25)31-17-7-9-21(3,4)24(29)20(32-13(2)26)19(27)18-15(22(17,24)5)11-16-14(8-10-30-16)23(18,6)28/h8,10,15,17-20,27-29H,7,9,11H2,1-6H3/t15-,17-,18+,19+,20-,22-,23+,24+/m0/s1. The van der Waals surface area contributed by atoms with Crippen molar-refractivity contribution in [1.82, 2.24) is 0 Å². The molecule has 2 saturated carbocycles. The Morgan fingerprint density at radius 3 is 2.31 bits per heavy atom. The summed E-state index contributed by atoms with van der Waals surface area (Å²) in [4.78, 5) is 24.2. The zero-order valence-corrected chi connectivity index (χ0v) is 19.5. The number of hydrogen-bond acceptors (Lipinski definition) is 8. The van der Waals surface area contributed by atoms with Crippen LogP contribution in [0.1, 0.15) is 65.7 Å². The van der Waals surface area contributed by atoms with Gasteiger partial charge in [0.1, 0.15) is 23.6 Å². The Hall–Kier alpha value is -1.90. The monoisotopic (exact) mass is 450 g/mol. The van der Waals surface area contributed by atoms with Gasteiger partial charge in [0.15, 0.2) is 6.10 Å². The van der Waals surface area contributed by atoms with Crippen LogP contribution in [0.25, 0.3) is 0 Å². The number of hydrogen-bond donors (Lipinski definition) is 3. The summed E-state index contributed by atoms with van der Waals surface area (Å²) in [6, 6.07) is 1.68. The van der Waals surface area contributed by atoms with Crippen LogP contribution in [0.4, 0.5) is 0 Å². The van der Waals surface area contributed by atoms with Crippen molar-refractivity contribution in [3.8, 4) is 0 Å². The van der Waals surface area contributed by atoms with Gasteiger partial charge in [0.05, 0.1) is 11.9 Å². The molecule has 3 aliphatic carbocycles.